The quantitative estimate of drug-likeness (QED) is 0.231. The Balaban J connectivity index is 1.17. The van der Waals surface area contributed by atoms with Crippen molar-refractivity contribution in [3.8, 4) is 0 Å². The van der Waals surface area contributed by atoms with E-state index in [0.29, 0.717) is 26.2 Å². The fourth-order valence-corrected chi connectivity index (χ4v) is 8.89. The van der Waals surface area contributed by atoms with Crippen molar-refractivity contribution in [1.29, 1.82) is 0 Å². The van der Waals surface area contributed by atoms with Crippen molar-refractivity contribution in [3.63, 3.8) is 0 Å². The van der Waals surface area contributed by atoms with E-state index in [1.165, 1.54) is 0 Å². The average molecular weight is 699 g/mol. The summed E-state index contributed by atoms with van der Waals surface area (Å²) in [6.07, 6.45) is 1.17. The van der Waals surface area contributed by atoms with Gasteiger partial charge >= 0.3 is 0 Å². The van der Waals surface area contributed by atoms with E-state index < -0.39 is 54.0 Å². The highest BCUT2D eigenvalue weighted by molar-refractivity contribution is 5.22. The zero-order chi connectivity index (χ0) is 35.2. The fraction of sp³-hybridized carbons (Fsp3) is 0.524. The molecule has 0 bridgehead atoms. The summed E-state index contributed by atoms with van der Waals surface area (Å²) < 4.78 is 53.1. The monoisotopic (exact) mass is 698 g/mol. The van der Waals surface area contributed by atoms with Crippen molar-refractivity contribution in [2.45, 2.75) is 114 Å². The van der Waals surface area contributed by atoms with Gasteiger partial charge in [0.25, 0.3) is 0 Å². The molecule has 3 aromatic carbocycles. The molecule has 1 N–H and O–H groups in total. The second-order valence-corrected chi connectivity index (χ2v) is 15.4. The molecule has 0 amide bonds. The molecule has 3 saturated heterocycles. The summed E-state index contributed by atoms with van der Waals surface area (Å²) in [6, 6.07) is 30.2. The second kappa shape index (κ2) is 14.1. The maximum absolute atomic E-state index is 13.2. The maximum Gasteiger partial charge on any atom is 0.199 e. The van der Waals surface area contributed by atoms with Gasteiger partial charge in [-0.3, -0.25) is 0 Å². The number of aliphatic hydroxyl groups is 1. The molecule has 0 radical (unpaired) electrons. The van der Waals surface area contributed by atoms with Gasteiger partial charge in [-0.15, -0.1) is 0 Å². The standard InChI is InChI=1S/C42H50O9/c1-40(2)47-26-32(48-40)36-37(50-41(3,4)49-36)35-31-22-14-21-30-33(31)42(43,51-35)39(46-25-29-19-12-7-13-20-29)38(45-24-28-17-10-6-11-18-28)34(30)44-23-27-15-8-5-9-16-27/h5-21,30-39,43H,22-26H2,1-4H3/t30-,31-,32+,33-,34+,35-,36+,37+,38-,39+,42-/m0/s1. The molecule has 0 spiro atoms. The van der Waals surface area contributed by atoms with Gasteiger partial charge < -0.3 is 43.0 Å². The summed E-state index contributed by atoms with van der Waals surface area (Å²) in [4.78, 5) is 0. The van der Waals surface area contributed by atoms with Crippen molar-refractivity contribution in [2.75, 3.05) is 6.61 Å². The van der Waals surface area contributed by atoms with Gasteiger partial charge in [0.1, 0.15) is 30.5 Å². The summed E-state index contributed by atoms with van der Waals surface area (Å²) >= 11 is 0. The lowest BCUT2D eigenvalue weighted by Gasteiger charge is -2.52. The van der Waals surface area contributed by atoms with E-state index in [0.717, 1.165) is 16.7 Å². The molecular weight excluding hydrogens is 648 g/mol. The maximum atomic E-state index is 13.2. The minimum atomic E-state index is -1.72. The summed E-state index contributed by atoms with van der Waals surface area (Å²) in [6.45, 7) is 8.97. The molecule has 9 nitrogen and oxygen atoms in total. The number of hydrogen-bond donors (Lipinski definition) is 1. The van der Waals surface area contributed by atoms with Gasteiger partial charge in [-0.1, -0.05) is 103 Å². The summed E-state index contributed by atoms with van der Waals surface area (Å²) in [5, 5.41) is 13.2. The van der Waals surface area contributed by atoms with Crippen molar-refractivity contribution in [1.82, 2.24) is 0 Å². The Kier molecular flexibility index (Phi) is 9.71. The number of ether oxygens (including phenoxy) is 8. The molecule has 8 rings (SSSR count). The van der Waals surface area contributed by atoms with Crippen LogP contribution >= 0.6 is 0 Å². The molecular formula is C42H50O9. The van der Waals surface area contributed by atoms with Crippen LogP contribution in [0.25, 0.3) is 0 Å². The third-order valence-electron chi connectivity index (χ3n) is 11.0. The fourth-order valence-electron chi connectivity index (χ4n) is 8.89. The minimum absolute atomic E-state index is 0.119. The van der Waals surface area contributed by atoms with Crippen LogP contribution in [0.2, 0.25) is 0 Å². The highest BCUT2D eigenvalue weighted by Crippen LogP contribution is 2.58. The van der Waals surface area contributed by atoms with Gasteiger partial charge in [0, 0.05) is 17.8 Å². The van der Waals surface area contributed by atoms with Crippen LogP contribution in [0.1, 0.15) is 50.8 Å². The van der Waals surface area contributed by atoms with Crippen LogP contribution in [0, 0.1) is 17.8 Å². The summed E-state index contributed by atoms with van der Waals surface area (Å²) in [5.74, 6) is -4.06. The van der Waals surface area contributed by atoms with E-state index in [1.54, 1.807) is 0 Å². The first-order chi connectivity index (χ1) is 24.6. The highest BCUT2D eigenvalue weighted by Gasteiger charge is 2.71. The van der Waals surface area contributed by atoms with Crippen LogP contribution in [-0.4, -0.2) is 71.8 Å². The predicted molar refractivity (Wildman–Crippen MR) is 188 cm³/mol. The SMILES string of the molecule is CC1(C)O[C@H]([C@H]2O[C@@]3(O)[C@H]4[C@H](C=CC[C@H]24)[C@@H](OCc2ccccc2)[C@H](OCc2ccccc2)[C@H]3OCc2ccccc2)[C@@H]([C@H]2COC(C)(C)O2)O1. The first kappa shape index (κ1) is 35.1. The molecule has 4 fully saturated rings. The molecule has 11 atom stereocenters. The van der Waals surface area contributed by atoms with Crippen LogP contribution in [0.3, 0.4) is 0 Å². The molecule has 3 heterocycles. The number of allylic oxidation sites excluding steroid dienone is 1. The highest BCUT2D eigenvalue weighted by atomic mass is 16.8. The van der Waals surface area contributed by atoms with Crippen molar-refractivity contribution in [3.05, 3.63) is 120 Å². The topological polar surface area (TPSA) is 94.1 Å². The van der Waals surface area contributed by atoms with E-state index in [2.05, 4.69) is 24.3 Å². The van der Waals surface area contributed by atoms with Gasteiger partial charge in [-0.05, 0) is 50.8 Å². The molecule has 1 saturated carbocycles. The number of hydrogen-bond acceptors (Lipinski definition) is 9. The lowest BCUT2D eigenvalue weighted by molar-refractivity contribution is -0.343. The Bertz CT molecular complexity index is 1630. The molecule has 3 aliphatic heterocycles. The van der Waals surface area contributed by atoms with Crippen molar-refractivity contribution >= 4 is 0 Å². The molecule has 51 heavy (non-hydrogen) atoms. The van der Waals surface area contributed by atoms with E-state index >= 15 is 0 Å². The third-order valence-corrected chi connectivity index (χ3v) is 11.0. The molecule has 9 heteroatoms. The largest absolute Gasteiger partial charge is 0.370 e. The molecule has 0 unspecified atom stereocenters. The van der Waals surface area contributed by atoms with Gasteiger partial charge in [-0.2, -0.15) is 0 Å². The average Bonchev–Trinajstić information content (AvgIpc) is 3.77. The lowest BCUT2D eigenvalue weighted by atomic mass is 9.62. The predicted octanol–water partition coefficient (Wildman–Crippen LogP) is 6.32. The van der Waals surface area contributed by atoms with E-state index in [1.807, 2.05) is 107 Å². The zero-order valence-corrected chi connectivity index (χ0v) is 29.8. The Morgan fingerprint density at radius 1 is 0.627 bits per heavy atom. The number of rotatable bonds is 11. The van der Waals surface area contributed by atoms with Gasteiger partial charge in [0.15, 0.2) is 17.4 Å². The van der Waals surface area contributed by atoms with Crippen LogP contribution in [0.4, 0.5) is 0 Å². The van der Waals surface area contributed by atoms with Gasteiger partial charge in [-0.25, -0.2) is 0 Å². The minimum Gasteiger partial charge on any atom is -0.370 e. The first-order valence-corrected chi connectivity index (χ1v) is 18.3. The summed E-state index contributed by atoms with van der Waals surface area (Å²) in [7, 11) is 0. The van der Waals surface area contributed by atoms with Gasteiger partial charge in [0.05, 0.1) is 38.6 Å². The van der Waals surface area contributed by atoms with Crippen LogP contribution in [0.5, 0.6) is 0 Å². The number of benzene rings is 3. The van der Waals surface area contributed by atoms with Crippen LogP contribution in [0.15, 0.2) is 103 Å². The normalized spacial score (nSPS) is 37.7. The Morgan fingerprint density at radius 3 is 1.75 bits per heavy atom. The van der Waals surface area contributed by atoms with Gasteiger partial charge in [0.2, 0.25) is 0 Å². The molecule has 272 valence electrons. The van der Waals surface area contributed by atoms with E-state index in [-0.39, 0.29) is 30.5 Å². The molecule has 2 aliphatic carbocycles. The Labute approximate surface area is 300 Å². The lowest BCUT2D eigenvalue weighted by Crippen LogP contribution is -2.67. The zero-order valence-electron chi connectivity index (χ0n) is 29.8. The van der Waals surface area contributed by atoms with E-state index in [4.69, 9.17) is 37.9 Å². The van der Waals surface area contributed by atoms with Crippen LogP contribution < -0.4 is 0 Å². The Morgan fingerprint density at radius 2 is 1.18 bits per heavy atom. The third kappa shape index (κ3) is 7.09. The first-order valence-electron chi connectivity index (χ1n) is 18.3. The van der Waals surface area contributed by atoms with Crippen molar-refractivity contribution in [2.24, 2.45) is 17.8 Å². The smallest absolute Gasteiger partial charge is 0.199 e. The summed E-state index contributed by atoms with van der Waals surface area (Å²) in [5.41, 5.74) is 3.06. The van der Waals surface area contributed by atoms with E-state index in [9.17, 15) is 5.11 Å². The molecule has 3 aromatic rings. The van der Waals surface area contributed by atoms with Crippen LogP contribution in [-0.2, 0) is 57.7 Å². The molecule has 5 aliphatic rings. The second-order valence-electron chi connectivity index (χ2n) is 15.4. The Hall–Kier alpha value is -2.96. The van der Waals surface area contributed by atoms with Crippen molar-refractivity contribution < 1.29 is 43.0 Å². The molecule has 0 aromatic heterocycles.